The van der Waals surface area contributed by atoms with E-state index in [1.165, 1.54) is 32.1 Å². The van der Waals surface area contributed by atoms with Crippen LogP contribution in [0.2, 0.25) is 0 Å². The Bertz CT molecular complexity index is 919. The maximum atomic E-state index is 12.6. The van der Waals surface area contributed by atoms with E-state index in [0.717, 1.165) is 17.9 Å². The molecule has 8 nitrogen and oxygen atoms in total. The maximum Gasteiger partial charge on any atom is 0.241 e. The summed E-state index contributed by atoms with van der Waals surface area (Å²) >= 11 is 0. The number of carbonyl (C=O) groups is 1. The molecule has 2 aromatic rings. The summed E-state index contributed by atoms with van der Waals surface area (Å²) in [6, 6.07) is 11.8. The Kier molecular flexibility index (Phi) is 8.33. The van der Waals surface area contributed by atoms with Crippen molar-refractivity contribution in [1.82, 2.24) is 0 Å². The summed E-state index contributed by atoms with van der Waals surface area (Å²) < 4.78 is 5.92. The van der Waals surface area contributed by atoms with Crippen LogP contribution in [0, 0.1) is 5.92 Å². The summed E-state index contributed by atoms with van der Waals surface area (Å²) in [5, 5.41) is 2.84. The molecule has 172 valence electrons. The maximum absolute atomic E-state index is 12.6. The van der Waals surface area contributed by atoms with Gasteiger partial charge in [-0.1, -0.05) is 44.2 Å². The zero-order valence-electron chi connectivity index (χ0n) is 18.4. The molecule has 0 aliphatic heterocycles. The van der Waals surface area contributed by atoms with Gasteiger partial charge in [0.2, 0.25) is 5.91 Å². The van der Waals surface area contributed by atoms with Gasteiger partial charge in [0.05, 0.1) is 18.3 Å². The van der Waals surface area contributed by atoms with Gasteiger partial charge in [0.25, 0.3) is 0 Å². The lowest BCUT2D eigenvalue weighted by Gasteiger charge is -2.21. The second-order valence-electron chi connectivity index (χ2n) is 8.43. The first kappa shape index (κ1) is 23.4. The Balaban J connectivity index is 1.52. The number of hydrogen-bond acceptors (Lipinski definition) is 5. The predicted molar refractivity (Wildman–Crippen MR) is 130 cm³/mol. The first-order valence-corrected chi connectivity index (χ1v) is 11.2. The van der Waals surface area contributed by atoms with Gasteiger partial charge in [0, 0.05) is 23.5 Å². The first-order chi connectivity index (χ1) is 15.4. The second-order valence-corrected chi connectivity index (χ2v) is 8.43. The van der Waals surface area contributed by atoms with Gasteiger partial charge in [-0.15, -0.1) is 0 Å². The van der Waals surface area contributed by atoms with Gasteiger partial charge >= 0.3 is 0 Å². The van der Waals surface area contributed by atoms with E-state index in [1.54, 1.807) is 30.3 Å². The molecule has 0 spiro atoms. The van der Waals surface area contributed by atoms with Crippen LogP contribution in [0.15, 0.2) is 47.5 Å². The Morgan fingerprint density at radius 1 is 1.09 bits per heavy atom. The molecule has 1 aliphatic rings. The van der Waals surface area contributed by atoms with Crippen LogP contribution in [0.25, 0.3) is 0 Å². The van der Waals surface area contributed by atoms with Gasteiger partial charge in [-0.2, -0.15) is 0 Å². The first-order valence-electron chi connectivity index (χ1n) is 11.2. The highest BCUT2D eigenvalue weighted by Gasteiger charge is 2.16. The second kappa shape index (κ2) is 11.4. The lowest BCUT2D eigenvalue weighted by Crippen LogP contribution is -2.37. The molecule has 8 heteroatoms. The Morgan fingerprint density at radius 2 is 1.81 bits per heavy atom. The predicted octanol–water partition coefficient (Wildman–Crippen LogP) is 3.03. The minimum atomic E-state index is -0.721. The summed E-state index contributed by atoms with van der Waals surface area (Å²) in [5.74, 6) is 1.10. The van der Waals surface area contributed by atoms with Crippen LogP contribution in [0.5, 0.6) is 5.75 Å². The fourth-order valence-corrected chi connectivity index (χ4v) is 4.03. The van der Waals surface area contributed by atoms with Crippen molar-refractivity contribution in [2.24, 2.45) is 28.1 Å². The number of nitrogens with two attached hydrogens (primary N) is 4. The van der Waals surface area contributed by atoms with Crippen LogP contribution < -0.4 is 33.0 Å². The van der Waals surface area contributed by atoms with Crippen molar-refractivity contribution in [2.75, 3.05) is 17.7 Å². The van der Waals surface area contributed by atoms with Gasteiger partial charge in [0.1, 0.15) is 5.75 Å². The average Bonchev–Trinajstić information content (AvgIpc) is 2.75. The number of anilines is 2. The minimum Gasteiger partial charge on any atom is -0.493 e. The monoisotopic (exact) mass is 438 g/mol. The standard InChI is InChI=1S/C24H34N6O2/c25-18-13-20(15-21(14-18)32-11-10-16-4-2-1-3-5-16)29-23(31)22(26)12-17-6-8-19(9-7-17)30-24(27)28/h6-9,13-16,22H,1-5,10-12,25-26H2,(H,29,31)(H4,27,28,30)/t22-/m0/s1. The average molecular weight is 439 g/mol. The molecule has 0 aromatic heterocycles. The van der Waals surface area contributed by atoms with Gasteiger partial charge in [0.15, 0.2) is 5.96 Å². The SMILES string of the molecule is NC(N)=Nc1ccc(C[C@H](N)C(=O)Nc2cc(N)cc(OCCC3CCCCC3)c2)cc1. The highest BCUT2D eigenvalue weighted by Crippen LogP contribution is 2.27. The van der Waals surface area contributed by atoms with Gasteiger partial charge in [-0.25, -0.2) is 4.99 Å². The number of nitrogen functional groups attached to an aromatic ring is 1. The molecule has 1 aliphatic carbocycles. The van der Waals surface area contributed by atoms with E-state index in [2.05, 4.69) is 10.3 Å². The van der Waals surface area contributed by atoms with Crippen LogP contribution in [-0.2, 0) is 11.2 Å². The summed E-state index contributed by atoms with van der Waals surface area (Å²) in [6.07, 6.45) is 7.98. The van der Waals surface area contributed by atoms with E-state index in [4.69, 9.17) is 27.7 Å². The topological polar surface area (TPSA) is 155 Å². The van der Waals surface area contributed by atoms with Crippen molar-refractivity contribution in [3.05, 3.63) is 48.0 Å². The molecule has 2 aromatic carbocycles. The van der Waals surface area contributed by atoms with E-state index < -0.39 is 6.04 Å². The number of nitrogens with zero attached hydrogens (tertiary/aromatic N) is 1. The molecule has 1 amide bonds. The van der Waals surface area contributed by atoms with E-state index >= 15 is 0 Å². The summed E-state index contributed by atoms with van der Waals surface area (Å²) in [7, 11) is 0. The van der Waals surface area contributed by atoms with Crippen molar-refractivity contribution < 1.29 is 9.53 Å². The Labute approximate surface area is 189 Å². The van der Waals surface area contributed by atoms with E-state index in [9.17, 15) is 4.79 Å². The lowest BCUT2D eigenvalue weighted by atomic mass is 9.87. The molecule has 3 rings (SSSR count). The zero-order chi connectivity index (χ0) is 22.9. The third kappa shape index (κ3) is 7.46. The van der Waals surface area contributed by atoms with Gasteiger partial charge < -0.3 is 33.0 Å². The van der Waals surface area contributed by atoms with Crippen LogP contribution in [0.1, 0.15) is 44.1 Å². The van der Waals surface area contributed by atoms with E-state index in [0.29, 0.717) is 35.8 Å². The lowest BCUT2D eigenvalue weighted by molar-refractivity contribution is -0.117. The molecule has 0 unspecified atom stereocenters. The van der Waals surface area contributed by atoms with Crippen molar-refractivity contribution in [1.29, 1.82) is 0 Å². The molecular weight excluding hydrogens is 404 g/mol. The van der Waals surface area contributed by atoms with Crippen molar-refractivity contribution in [3.63, 3.8) is 0 Å². The van der Waals surface area contributed by atoms with Gasteiger partial charge in [-0.3, -0.25) is 4.79 Å². The van der Waals surface area contributed by atoms with E-state index in [-0.39, 0.29) is 11.9 Å². The zero-order valence-corrected chi connectivity index (χ0v) is 18.4. The molecular formula is C24H34N6O2. The van der Waals surface area contributed by atoms with Crippen LogP contribution in [0.4, 0.5) is 17.1 Å². The normalized spacial score (nSPS) is 15.0. The number of hydrogen-bond donors (Lipinski definition) is 5. The third-order valence-corrected chi connectivity index (χ3v) is 5.70. The number of nitrogens with one attached hydrogen (secondary N) is 1. The number of amides is 1. The highest BCUT2D eigenvalue weighted by molar-refractivity contribution is 5.95. The minimum absolute atomic E-state index is 0.00621. The summed E-state index contributed by atoms with van der Waals surface area (Å²) in [5.41, 5.74) is 25.5. The smallest absolute Gasteiger partial charge is 0.241 e. The largest absolute Gasteiger partial charge is 0.493 e. The Hall–Kier alpha value is -3.26. The van der Waals surface area contributed by atoms with Crippen molar-refractivity contribution in [3.8, 4) is 5.75 Å². The van der Waals surface area contributed by atoms with Crippen molar-refractivity contribution in [2.45, 2.75) is 51.0 Å². The van der Waals surface area contributed by atoms with Crippen molar-refractivity contribution >= 4 is 28.9 Å². The highest BCUT2D eigenvalue weighted by atomic mass is 16.5. The van der Waals surface area contributed by atoms with Crippen LogP contribution in [-0.4, -0.2) is 24.5 Å². The van der Waals surface area contributed by atoms with Gasteiger partial charge in [-0.05, 0) is 42.5 Å². The molecule has 1 fully saturated rings. The number of ether oxygens (including phenoxy) is 1. The Morgan fingerprint density at radius 3 is 2.50 bits per heavy atom. The molecule has 0 heterocycles. The third-order valence-electron chi connectivity index (χ3n) is 5.70. The number of carbonyl (C=O) groups excluding carboxylic acids is 1. The summed E-state index contributed by atoms with van der Waals surface area (Å²) in [6.45, 7) is 0.650. The molecule has 0 saturated heterocycles. The fourth-order valence-electron chi connectivity index (χ4n) is 4.03. The molecule has 0 radical (unpaired) electrons. The molecule has 1 atom stereocenters. The number of benzene rings is 2. The number of rotatable bonds is 9. The quantitative estimate of drug-likeness (QED) is 0.230. The molecule has 0 bridgehead atoms. The molecule has 1 saturated carbocycles. The summed E-state index contributed by atoms with van der Waals surface area (Å²) in [4.78, 5) is 16.6. The molecule has 32 heavy (non-hydrogen) atoms. The van der Waals surface area contributed by atoms with Crippen LogP contribution >= 0.6 is 0 Å². The number of guanidine groups is 1. The fraction of sp³-hybridized carbons (Fsp3) is 0.417. The van der Waals surface area contributed by atoms with Crippen LogP contribution in [0.3, 0.4) is 0 Å². The van der Waals surface area contributed by atoms with E-state index in [1.807, 2.05) is 12.1 Å². The molecule has 9 N–H and O–H groups in total. The number of aliphatic imine (C=N–C) groups is 1.